The third kappa shape index (κ3) is 4.48. The molecule has 3 fully saturated rings. The summed E-state index contributed by atoms with van der Waals surface area (Å²) in [4.78, 5) is 14.9. The molecule has 0 bridgehead atoms. The number of hydrogen-bond donors (Lipinski definition) is 1. The summed E-state index contributed by atoms with van der Waals surface area (Å²) in [6, 6.07) is 0. The van der Waals surface area contributed by atoms with Crippen molar-refractivity contribution in [1.29, 1.82) is 0 Å². The molecule has 1 amide bonds. The zero-order chi connectivity index (χ0) is 16.1. The highest BCUT2D eigenvalue weighted by Crippen LogP contribution is 2.43. The van der Waals surface area contributed by atoms with Crippen molar-refractivity contribution in [2.45, 2.75) is 70.3 Å². The number of fused-ring (bicyclic) bond motifs is 1. The maximum absolute atomic E-state index is 12.8. The van der Waals surface area contributed by atoms with Crippen molar-refractivity contribution in [3.8, 4) is 0 Å². The first-order valence-electron chi connectivity index (χ1n) is 9.79. The molecule has 132 valence electrons. The van der Waals surface area contributed by atoms with Crippen LogP contribution in [0, 0.1) is 17.8 Å². The molecule has 1 aliphatic heterocycles. The number of rotatable bonds is 5. The van der Waals surface area contributed by atoms with Crippen molar-refractivity contribution in [2.24, 2.45) is 17.8 Å². The van der Waals surface area contributed by atoms with Crippen LogP contribution in [0.3, 0.4) is 0 Å². The molecule has 0 aromatic rings. The first-order chi connectivity index (χ1) is 11.3. The minimum atomic E-state index is 0.196. The van der Waals surface area contributed by atoms with Gasteiger partial charge >= 0.3 is 0 Å². The van der Waals surface area contributed by atoms with Crippen LogP contribution in [0.4, 0.5) is 0 Å². The first-order valence-corrected chi connectivity index (χ1v) is 9.79. The summed E-state index contributed by atoms with van der Waals surface area (Å²) in [7, 11) is 0. The fourth-order valence-electron chi connectivity index (χ4n) is 4.91. The number of hydrogen-bond acceptors (Lipinski definition) is 3. The summed E-state index contributed by atoms with van der Waals surface area (Å²) >= 11 is 0. The molecule has 2 saturated carbocycles. The van der Waals surface area contributed by atoms with E-state index in [1.807, 2.05) is 0 Å². The van der Waals surface area contributed by atoms with Gasteiger partial charge in [0.25, 0.3) is 0 Å². The highest BCUT2D eigenvalue weighted by atomic mass is 16.5. The molecule has 1 N–H and O–H groups in total. The van der Waals surface area contributed by atoms with Crippen molar-refractivity contribution in [3.05, 3.63) is 0 Å². The number of carbonyl (C=O) groups is 1. The molecule has 4 heteroatoms. The van der Waals surface area contributed by atoms with Gasteiger partial charge in [0.15, 0.2) is 0 Å². The van der Waals surface area contributed by atoms with Gasteiger partial charge in [-0.05, 0) is 50.4 Å². The van der Waals surface area contributed by atoms with Crippen LogP contribution in [0.25, 0.3) is 0 Å². The minimum absolute atomic E-state index is 0.196. The highest BCUT2D eigenvalue weighted by Gasteiger charge is 2.37. The number of likely N-dealkylation sites (tertiary alicyclic amines) is 1. The molecule has 1 saturated heterocycles. The van der Waals surface area contributed by atoms with Crippen LogP contribution in [0.2, 0.25) is 0 Å². The molecule has 0 radical (unpaired) electrons. The molecule has 0 aromatic heterocycles. The highest BCUT2D eigenvalue weighted by molar-refractivity contribution is 5.79. The summed E-state index contributed by atoms with van der Waals surface area (Å²) in [6.45, 7) is 2.54. The molecular weight excluding hydrogens is 290 g/mol. The van der Waals surface area contributed by atoms with Crippen LogP contribution < -0.4 is 0 Å². The predicted octanol–water partition coefficient (Wildman–Crippen LogP) is 2.98. The summed E-state index contributed by atoms with van der Waals surface area (Å²) in [5, 5.41) is 8.80. The Balaban J connectivity index is 1.42. The second kappa shape index (κ2) is 8.48. The molecule has 0 spiro atoms. The quantitative estimate of drug-likeness (QED) is 0.791. The molecule has 3 rings (SSSR count). The number of aliphatic hydroxyl groups is 1. The average Bonchev–Trinajstić information content (AvgIpc) is 2.61. The van der Waals surface area contributed by atoms with E-state index < -0.39 is 0 Å². The van der Waals surface area contributed by atoms with Crippen LogP contribution >= 0.6 is 0 Å². The average molecular weight is 323 g/mol. The topological polar surface area (TPSA) is 49.8 Å². The maximum Gasteiger partial charge on any atom is 0.225 e. The number of piperidine rings is 1. The fraction of sp³-hybridized carbons (Fsp3) is 0.947. The molecule has 3 unspecified atom stereocenters. The fourth-order valence-corrected chi connectivity index (χ4v) is 4.91. The number of carbonyl (C=O) groups excluding carboxylic acids is 1. The Labute approximate surface area is 140 Å². The number of aliphatic hydroxyl groups excluding tert-OH is 1. The van der Waals surface area contributed by atoms with Crippen LogP contribution in [0.5, 0.6) is 0 Å². The first kappa shape index (κ1) is 17.2. The SMILES string of the molecule is O=C(C1CCC2CCCCC2C1)N1CCC(OCCCO)CC1. The number of amides is 1. The molecule has 1 heterocycles. The number of nitrogens with zero attached hydrogens (tertiary/aromatic N) is 1. The normalized spacial score (nSPS) is 32.6. The Bertz CT molecular complexity index is 379. The van der Waals surface area contributed by atoms with Gasteiger partial charge in [0, 0.05) is 32.2 Å². The van der Waals surface area contributed by atoms with Gasteiger partial charge in [-0.1, -0.05) is 25.7 Å². The summed E-state index contributed by atoms with van der Waals surface area (Å²) < 4.78 is 5.77. The van der Waals surface area contributed by atoms with Crippen molar-refractivity contribution in [1.82, 2.24) is 4.90 Å². The Hall–Kier alpha value is -0.610. The largest absolute Gasteiger partial charge is 0.396 e. The molecule has 3 atom stereocenters. The molecule has 3 aliphatic rings. The molecule has 4 nitrogen and oxygen atoms in total. The van der Waals surface area contributed by atoms with E-state index >= 15 is 0 Å². The summed E-state index contributed by atoms with van der Waals surface area (Å²) in [5.74, 6) is 2.45. The van der Waals surface area contributed by atoms with E-state index in [0.29, 0.717) is 24.9 Å². The molecular formula is C19H33NO3. The van der Waals surface area contributed by atoms with Gasteiger partial charge < -0.3 is 14.7 Å². The lowest BCUT2D eigenvalue weighted by atomic mass is 9.67. The molecule has 2 aliphatic carbocycles. The van der Waals surface area contributed by atoms with E-state index in [2.05, 4.69) is 4.90 Å². The van der Waals surface area contributed by atoms with Gasteiger partial charge in [-0.3, -0.25) is 4.79 Å². The van der Waals surface area contributed by atoms with Crippen molar-refractivity contribution in [3.63, 3.8) is 0 Å². The Morgan fingerprint density at radius 1 is 1.00 bits per heavy atom. The standard InChI is InChI=1S/C19H33NO3/c21-12-3-13-23-18-8-10-20(11-9-18)19(22)17-7-6-15-4-1-2-5-16(15)14-17/h15-18,21H,1-14H2. The van der Waals surface area contributed by atoms with Crippen molar-refractivity contribution >= 4 is 5.91 Å². The van der Waals surface area contributed by atoms with Gasteiger partial charge in [-0.15, -0.1) is 0 Å². The van der Waals surface area contributed by atoms with E-state index in [0.717, 1.165) is 50.6 Å². The third-order valence-electron chi connectivity index (χ3n) is 6.30. The maximum atomic E-state index is 12.8. The minimum Gasteiger partial charge on any atom is -0.396 e. The van der Waals surface area contributed by atoms with Crippen molar-refractivity contribution in [2.75, 3.05) is 26.3 Å². The van der Waals surface area contributed by atoms with E-state index in [4.69, 9.17) is 9.84 Å². The predicted molar refractivity (Wildman–Crippen MR) is 90.0 cm³/mol. The lowest BCUT2D eigenvalue weighted by molar-refractivity contribution is -0.140. The van der Waals surface area contributed by atoms with E-state index in [1.54, 1.807) is 0 Å². The molecule has 23 heavy (non-hydrogen) atoms. The summed E-state index contributed by atoms with van der Waals surface area (Å²) in [5.41, 5.74) is 0. The van der Waals surface area contributed by atoms with Gasteiger partial charge in [0.05, 0.1) is 6.10 Å². The van der Waals surface area contributed by atoms with E-state index in [9.17, 15) is 4.79 Å². The zero-order valence-electron chi connectivity index (χ0n) is 14.4. The van der Waals surface area contributed by atoms with Gasteiger partial charge in [-0.2, -0.15) is 0 Å². The monoisotopic (exact) mass is 323 g/mol. The van der Waals surface area contributed by atoms with Crippen LogP contribution in [0.15, 0.2) is 0 Å². The van der Waals surface area contributed by atoms with Crippen LogP contribution in [-0.4, -0.2) is 48.3 Å². The van der Waals surface area contributed by atoms with Crippen molar-refractivity contribution < 1.29 is 14.6 Å². The van der Waals surface area contributed by atoms with E-state index in [1.165, 1.54) is 32.1 Å². The lowest BCUT2D eigenvalue weighted by Gasteiger charge is -2.41. The Morgan fingerprint density at radius 3 is 2.48 bits per heavy atom. The third-order valence-corrected chi connectivity index (χ3v) is 6.30. The second-order valence-corrected chi connectivity index (χ2v) is 7.79. The lowest BCUT2D eigenvalue weighted by Crippen LogP contribution is -2.45. The smallest absolute Gasteiger partial charge is 0.225 e. The van der Waals surface area contributed by atoms with Gasteiger partial charge in [0.1, 0.15) is 0 Å². The Morgan fingerprint density at radius 2 is 1.74 bits per heavy atom. The molecule has 0 aromatic carbocycles. The second-order valence-electron chi connectivity index (χ2n) is 7.79. The van der Waals surface area contributed by atoms with Crippen LogP contribution in [-0.2, 0) is 9.53 Å². The summed E-state index contributed by atoms with van der Waals surface area (Å²) in [6.07, 6.45) is 12.0. The number of ether oxygens (including phenoxy) is 1. The van der Waals surface area contributed by atoms with E-state index in [-0.39, 0.29) is 12.7 Å². The van der Waals surface area contributed by atoms with Gasteiger partial charge in [0.2, 0.25) is 5.91 Å². The Kier molecular flexibility index (Phi) is 6.35. The zero-order valence-corrected chi connectivity index (χ0v) is 14.4. The van der Waals surface area contributed by atoms with Gasteiger partial charge in [-0.25, -0.2) is 0 Å². The van der Waals surface area contributed by atoms with Crippen LogP contribution in [0.1, 0.15) is 64.2 Å².